The molecule has 32 heavy (non-hydrogen) atoms. The highest BCUT2D eigenvalue weighted by molar-refractivity contribution is 7.99. The average molecular weight is 509 g/mol. The number of halogens is 4. The Morgan fingerprint density at radius 1 is 0.906 bits per heavy atom. The second kappa shape index (κ2) is 8.15. The van der Waals surface area contributed by atoms with Gasteiger partial charge in [0.2, 0.25) is 0 Å². The van der Waals surface area contributed by atoms with Crippen molar-refractivity contribution in [2.24, 2.45) is 0 Å². The van der Waals surface area contributed by atoms with E-state index in [0.29, 0.717) is 48.1 Å². The summed E-state index contributed by atoms with van der Waals surface area (Å²) in [4.78, 5) is 13.9. The molecule has 0 spiro atoms. The van der Waals surface area contributed by atoms with Crippen molar-refractivity contribution in [1.82, 2.24) is 34.3 Å². The van der Waals surface area contributed by atoms with Gasteiger partial charge in [0, 0.05) is 12.1 Å². The zero-order chi connectivity index (χ0) is 22.6. The van der Waals surface area contributed by atoms with Crippen LogP contribution < -0.4 is 0 Å². The molecule has 0 N–H and O–H groups in total. The first kappa shape index (κ1) is 21.4. The molecule has 7 nitrogen and oxygen atoms in total. The lowest BCUT2D eigenvalue weighted by Gasteiger charge is -2.13. The van der Waals surface area contributed by atoms with E-state index in [2.05, 4.69) is 15.2 Å². The molecule has 162 valence electrons. The van der Waals surface area contributed by atoms with Crippen molar-refractivity contribution in [2.45, 2.75) is 30.1 Å². The van der Waals surface area contributed by atoms with E-state index in [1.165, 1.54) is 23.9 Å². The number of imidazole rings is 1. The second-order valence-corrected chi connectivity index (χ2v) is 9.37. The summed E-state index contributed by atoms with van der Waals surface area (Å²) in [5.41, 5.74) is 2.12. The van der Waals surface area contributed by atoms with Gasteiger partial charge in [-0.2, -0.15) is 0 Å². The van der Waals surface area contributed by atoms with Crippen molar-refractivity contribution in [3.05, 3.63) is 57.8 Å². The molecule has 3 aromatic heterocycles. The van der Waals surface area contributed by atoms with E-state index >= 15 is 0 Å². The Labute approximate surface area is 200 Å². The molecular weight excluding hydrogens is 496 g/mol. The van der Waals surface area contributed by atoms with Gasteiger partial charge in [0.05, 0.1) is 37.1 Å². The standard InChI is InChI=1S/C20H13Cl3FN7S/c1-9(2)30-8-26-29-20(30)32-19-18(27-14-3-10(21)11(22)4-15(14)28-19)31-7-25-16-6-13(24)12(23)5-17(16)31/h3-9H,1-2H3. The van der Waals surface area contributed by atoms with Crippen molar-refractivity contribution in [3.63, 3.8) is 0 Å². The Bertz CT molecular complexity index is 1500. The fourth-order valence-electron chi connectivity index (χ4n) is 3.17. The van der Waals surface area contributed by atoms with Crippen LogP contribution in [-0.2, 0) is 0 Å². The molecule has 0 amide bonds. The third-order valence-electron chi connectivity index (χ3n) is 4.76. The molecule has 5 aromatic rings. The lowest BCUT2D eigenvalue weighted by atomic mass is 10.3. The zero-order valence-electron chi connectivity index (χ0n) is 16.6. The molecular formula is C20H13Cl3FN7S. The fraction of sp³-hybridized carbons (Fsp3) is 0.150. The molecule has 0 aliphatic rings. The Kier molecular flexibility index (Phi) is 5.45. The molecule has 0 unspecified atom stereocenters. The minimum atomic E-state index is -0.546. The van der Waals surface area contributed by atoms with E-state index in [4.69, 9.17) is 44.8 Å². The predicted molar refractivity (Wildman–Crippen MR) is 124 cm³/mol. The van der Waals surface area contributed by atoms with E-state index in [1.54, 1.807) is 29.4 Å². The molecule has 0 fully saturated rings. The predicted octanol–water partition coefficient (Wildman–Crippen LogP) is 6.39. The van der Waals surface area contributed by atoms with Crippen molar-refractivity contribution in [1.29, 1.82) is 0 Å². The van der Waals surface area contributed by atoms with Gasteiger partial charge in [0.15, 0.2) is 11.0 Å². The summed E-state index contributed by atoms with van der Waals surface area (Å²) in [5.74, 6) is -0.0839. The summed E-state index contributed by atoms with van der Waals surface area (Å²) in [7, 11) is 0. The lowest BCUT2D eigenvalue weighted by Crippen LogP contribution is -2.05. The lowest BCUT2D eigenvalue weighted by molar-refractivity contribution is 0.549. The summed E-state index contributed by atoms with van der Waals surface area (Å²) >= 11 is 19.7. The van der Waals surface area contributed by atoms with Gasteiger partial charge in [-0.05, 0) is 43.8 Å². The Morgan fingerprint density at radius 3 is 2.34 bits per heavy atom. The van der Waals surface area contributed by atoms with Crippen molar-refractivity contribution in [3.8, 4) is 5.82 Å². The maximum absolute atomic E-state index is 13.9. The number of aromatic nitrogens is 7. The van der Waals surface area contributed by atoms with Gasteiger partial charge in [0.25, 0.3) is 0 Å². The molecule has 0 aliphatic heterocycles. The van der Waals surface area contributed by atoms with E-state index in [1.807, 2.05) is 18.4 Å². The highest BCUT2D eigenvalue weighted by Gasteiger charge is 2.20. The van der Waals surface area contributed by atoms with Crippen LogP contribution in [0.3, 0.4) is 0 Å². The monoisotopic (exact) mass is 507 g/mol. The third kappa shape index (κ3) is 3.69. The molecule has 0 bridgehead atoms. The number of benzene rings is 2. The molecule has 0 radical (unpaired) electrons. The Hall–Kier alpha value is -2.46. The van der Waals surface area contributed by atoms with Gasteiger partial charge in [-0.1, -0.05) is 34.8 Å². The van der Waals surface area contributed by atoms with Crippen LogP contribution in [0.1, 0.15) is 19.9 Å². The fourth-order valence-corrected chi connectivity index (χ4v) is 4.65. The van der Waals surface area contributed by atoms with Gasteiger partial charge < -0.3 is 4.57 Å². The normalized spacial score (nSPS) is 11.8. The Balaban J connectivity index is 1.76. The molecule has 0 atom stereocenters. The number of rotatable bonds is 4. The van der Waals surface area contributed by atoms with E-state index < -0.39 is 5.82 Å². The minimum Gasteiger partial charge on any atom is -0.306 e. The van der Waals surface area contributed by atoms with Crippen molar-refractivity contribution in [2.75, 3.05) is 0 Å². The number of hydrogen-bond acceptors (Lipinski definition) is 6. The van der Waals surface area contributed by atoms with Gasteiger partial charge in [-0.3, -0.25) is 4.57 Å². The molecule has 5 rings (SSSR count). The summed E-state index contributed by atoms with van der Waals surface area (Å²) < 4.78 is 17.6. The minimum absolute atomic E-state index is 0.0171. The number of hydrogen-bond donors (Lipinski definition) is 0. The Morgan fingerprint density at radius 2 is 1.62 bits per heavy atom. The molecule has 12 heteroatoms. The van der Waals surface area contributed by atoms with Crippen LogP contribution >= 0.6 is 46.6 Å². The van der Waals surface area contributed by atoms with Crippen LogP contribution in [0.15, 0.2) is 47.1 Å². The average Bonchev–Trinajstić information content (AvgIpc) is 3.36. The maximum Gasteiger partial charge on any atom is 0.197 e. The summed E-state index contributed by atoms with van der Waals surface area (Å²) in [5, 5.41) is 10.1. The van der Waals surface area contributed by atoms with Crippen LogP contribution in [0.4, 0.5) is 4.39 Å². The summed E-state index contributed by atoms with van der Waals surface area (Å²) in [6.45, 7) is 4.06. The summed E-state index contributed by atoms with van der Waals surface area (Å²) in [6, 6.07) is 6.23. The molecule has 0 aliphatic carbocycles. The van der Waals surface area contributed by atoms with Crippen LogP contribution in [0.5, 0.6) is 0 Å². The topological polar surface area (TPSA) is 74.3 Å². The SMILES string of the molecule is CC(C)n1cnnc1Sc1nc2cc(Cl)c(Cl)cc2nc1-n1cnc2cc(F)c(Cl)cc21. The van der Waals surface area contributed by atoms with Crippen LogP contribution in [0.2, 0.25) is 15.1 Å². The van der Waals surface area contributed by atoms with Crippen LogP contribution in [-0.4, -0.2) is 34.3 Å². The molecule has 2 aromatic carbocycles. The van der Waals surface area contributed by atoms with Gasteiger partial charge in [-0.25, -0.2) is 19.3 Å². The second-order valence-electron chi connectivity index (χ2n) is 7.19. The number of fused-ring (bicyclic) bond motifs is 2. The first-order valence-corrected chi connectivity index (χ1v) is 11.3. The number of nitrogens with zero attached hydrogens (tertiary/aromatic N) is 7. The maximum atomic E-state index is 13.9. The smallest absolute Gasteiger partial charge is 0.197 e. The molecule has 3 heterocycles. The van der Waals surface area contributed by atoms with E-state index in [9.17, 15) is 4.39 Å². The van der Waals surface area contributed by atoms with Gasteiger partial charge in [-0.15, -0.1) is 10.2 Å². The highest BCUT2D eigenvalue weighted by atomic mass is 35.5. The summed E-state index contributed by atoms with van der Waals surface area (Å²) in [6.07, 6.45) is 3.21. The van der Waals surface area contributed by atoms with Gasteiger partial charge in [0.1, 0.15) is 23.5 Å². The highest BCUT2D eigenvalue weighted by Crippen LogP contribution is 2.35. The van der Waals surface area contributed by atoms with E-state index in [0.717, 1.165) is 0 Å². The van der Waals surface area contributed by atoms with E-state index in [-0.39, 0.29) is 11.1 Å². The zero-order valence-corrected chi connectivity index (χ0v) is 19.7. The quantitative estimate of drug-likeness (QED) is 0.280. The first-order chi connectivity index (χ1) is 15.3. The largest absolute Gasteiger partial charge is 0.306 e. The third-order valence-corrected chi connectivity index (χ3v) is 6.71. The molecule has 0 saturated carbocycles. The van der Waals surface area contributed by atoms with Gasteiger partial charge >= 0.3 is 0 Å². The van der Waals surface area contributed by atoms with Crippen LogP contribution in [0, 0.1) is 5.82 Å². The van der Waals surface area contributed by atoms with Crippen molar-refractivity contribution >= 4 is 68.6 Å². The van der Waals surface area contributed by atoms with Crippen molar-refractivity contribution < 1.29 is 4.39 Å². The molecule has 0 saturated heterocycles. The first-order valence-electron chi connectivity index (χ1n) is 9.38. The van der Waals surface area contributed by atoms with Crippen LogP contribution in [0.25, 0.3) is 27.9 Å².